The van der Waals surface area contributed by atoms with Crippen LogP contribution in [0.3, 0.4) is 0 Å². The summed E-state index contributed by atoms with van der Waals surface area (Å²) in [4.78, 5) is 12.0. The molecule has 0 radical (unpaired) electrons. The zero-order chi connectivity index (χ0) is 14.0. The largest absolute Gasteiger partial charge is 0.426 e. The smallest absolute Gasteiger partial charge is 0.357 e. The number of nitrogens with zero attached hydrogens (tertiary/aromatic N) is 1. The Morgan fingerprint density at radius 2 is 2.15 bits per heavy atom. The lowest BCUT2D eigenvalue weighted by atomic mass is 10.1. The fourth-order valence-electron chi connectivity index (χ4n) is 3.20. The van der Waals surface area contributed by atoms with E-state index in [2.05, 4.69) is 0 Å². The number of carbonyl (C=O) groups excluding carboxylic acids is 1. The van der Waals surface area contributed by atoms with E-state index in [1.165, 1.54) is 0 Å². The lowest BCUT2D eigenvalue weighted by Crippen LogP contribution is -2.46. The monoisotopic (exact) mass is 279 g/mol. The molecule has 0 saturated carbocycles. The van der Waals surface area contributed by atoms with E-state index in [1.807, 2.05) is 30.7 Å². The summed E-state index contributed by atoms with van der Waals surface area (Å²) >= 11 is 0. The highest BCUT2D eigenvalue weighted by molar-refractivity contribution is 5.88. The Hall–Kier alpha value is -1.37. The van der Waals surface area contributed by atoms with Gasteiger partial charge in [-0.15, -0.1) is 0 Å². The molecule has 108 valence electrons. The van der Waals surface area contributed by atoms with Crippen LogP contribution in [0.5, 0.6) is 0 Å². The molecule has 2 unspecified atom stereocenters. The third-order valence-electron chi connectivity index (χ3n) is 4.05. The van der Waals surface area contributed by atoms with E-state index < -0.39 is 11.6 Å². The normalized spacial score (nSPS) is 38.4. The van der Waals surface area contributed by atoms with Crippen LogP contribution in [0.15, 0.2) is 18.3 Å². The highest BCUT2D eigenvalue weighted by atomic mass is 16.8. The molecule has 0 amide bonds. The zero-order valence-electron chi connectivity index (χ0n) is 11.5. The molecule has 0 aliphatic carbocycles. The van der Waals surface area contributed by atoms with Crippen molar-refractivity contribution in [2.75, 3.05) is 6.61 Å². The van der Waals surface area contributed by atoms with Gasteiger partial charge in [-0.2, -0.15) is 0 Å². The number of hydrogen-bond acceptors (Lipinski definition) is 5. The maximum absolute atomic E-state index is 12.0. The molecule has 0 aromatic carbocycles. The summed E-state index contributed by atoms with van der Waals surface area (Å²) in [5.41, 5.74) is 0.562. The Bertz CT molecular complexity index is 566. The summed E-state index contributed by atoms with van der Waals surface area (Å²) in [6.45, 7) is 4.71. The molecule has 1 aromatic heterocycles. The summed E-state index contributed by atoms with van der Waals surface area (Å²) in [5, 5.41) is 0. The number of esters is 1. The molecule has 1 spiro atoms. The second kappa shape index (κ2) is 3.84. The average molecular weight is 279 g/mol. The van der Waals surface area contributed by atoms with Crippen molar-refractivity contribution in [3.8, 4) is 0 Å². The summed E-state index contributed by atoms with van der Waals surface area (Å²) in [7, 11) is 0. The van der Waals surface area contributed by atoms with Crippen molar-refractivity contribution in [1.82, 2.24) is 4.57 Å². The van der Waals surface area contributed by atoms with Gasteiger partial charge in [-0.3, -0.25) is 0 Å². The molecule has 1 aromatic rings. The first-order valence-corrected chi connectivity index (χ1v) is 6.85. The van der Waals surface area contributed by atoms with E-state index in [4.69, 9.17) is 18.9 Å². The average Bonchev–Trinajstić information content (AvgIpc) is 2.92. The van der Waals surface area contributed by atoms with Gasteiger partial charge in [0.15, 0.2) is 5.79 Å². The first kappa shape index (κ1) is 12.4. The van der Waals surface area contributed by atoms with Crippen LogP contribution in [0.1, 0.15) is 30.8 Å². The maximum atomic E-state index is 12.0. The summed E-state index contributed by atoms with van der Waals surface area (Å²) < 4.78 is 24.9. The van der Waals surface area contributed by atoms with E-state index in [0.29, 0.717) is 25.3 Å². The van der Waals surface area contributed by atoms with Crippen LogP contribution in [0.4, 0.5) is 0 Å². The fourth-order valence-corrected chi connectivity index (χ4v) is 3.20. The molecular weight excluding hydrogens is 262 g/mol. The fraction of sp³-hybridized carbons (Fsp3) is 0.643. The molecule has 2 saturated heterocycles. The van der Waals surface area contributed by atoms with E-state index in [0.717, 1.165) is 0 Å². The quantitative estimate of drug-likeness (QED) is 0.670. The van der Waals surface area contributed by atoms with E-state index >= 15 is 0 Å². The van der Waals surface area contributed by atoms with Crippen LogP contribution in [-0.4, -0.2) is 40.9 Å². The number of carbonyl (C=O) groups is 1. The van der Waals surface area contributed by atoms with Gasteiger partial charge in [0.05, 0.1) is 19.3 Å². The lowest BCUT2D eigenvalue weighted by Gasteiger charge is -2.36. The van der Waals surface area contributed by atoms with Crippen LogP contribution in [0.2, 0.25) is 0 Å². The maximum Gasteiger partial charge on any atom is 0.357 e. The van der Waals surface area contributed by atoms with Crippen LogP contribution < -0.4 is 0 Å². The van der Waals surface area contributed by atoms with Crippen molar-refractivity contribution >= 4 is 5.97 Å². The predicted octanol–water partition coefficient (Wildman–Crippen LogP) is 1.30. The lowest BCUT2D eigenvalue weighted by molar-refractivity contribution is -0.300. The Balaban J connectivity index is 1.61. The van der Waals surface area contributed by atoms with Gasteiger partial charge >= 0.3 is 5.97 Å². The standard InChI is InChI=1S/C14H17NO5/c1-13(2)17-7-11-10(18-13)6-14(19-11)8-15-5-3-4-9(15)12(16)20-14/h3-5,10-11H,6-8H2,1-2H3/t10?,11?,14-/m0/s1. The predicted molar refractivity (Wildman–Crippen MR) is 67.0 cm³/mol. The van der Waals surface area contributed by atoms with Crippen molar-refractivity contribution < 1.29 is 23.7 Å². The Morgan fingerprint density at radius 1 is 1.30 bits per heavy atom. The SMILES string of the molecule is CC1(C)OCC2O[C@]3(CC2O1)Cn1cccc1C(=O)O3. The van der Waals surface area contributed by atoms with E-state index in [9.17, 15) is 4.79 Å². The summed E-state index contributed by atoms with van der Waals surface area (Å²) in [6, 6.07) is 3.58. The second-order valence-electron chi connectivity index (χ2n) is 6.05. The van der Waals surface area contributed by atoms with Gasteiger partial charge in [0.2, 0.25) is 5.79 Å². The molecule has 4 rings (SSSR count). The van der Waals surface area contributed by atoms with Gasteiger partial charge in [0, 0.05) is 12.6 Å². The van der Waals surface area contributed by atoms with Crippen LogP contribution >= 0.6 is 0 Å². The van der Waals surface area contributed by atoms with Gasteiger partial charge in [-0.1, -0.05) is 0 Å². The molecule has 2 fully saturated rings. The van der Waals surface area contributed by atoms with Gasteiger partial charge in [0.25, 0.3) is 0 Å². The number of rotatable bonds is 0. The van der Waals surface area contributed by atoms with E-state index in [1.54, 1.807) is 6.07 Å². The first-order valence-electron chi connectivity index (χ1n) is 6.85. The molecule has 20 heavy (non-hydrogen) atoms. The third-order valence-corrected chi connectivity index (χ3v) is 4.05. The Kier molecular flexibility index (Phi) is 2.38. The van der Waals surface area contributed by atoms with Crippen molar-refractivity contribution in [3.05, 3.63) is 24.0 Å². The highest BCUT2D eigenvalue weighted by Gasteiger charge is 2.55. The van der Waals surface area contributed by atoms with Crippen LogP contribution in [0, 0.1) is 0 Å². The molecule has 6 nitrogen and oxygen atoms in total. The van der Waals surface area contributed by atoms with Crippen molar-refractivity contribution in [3.63, 3.8) is 0 Å². The molecular formula is C14H17NO5. The number of fused-ring (bicyclic) bond motifs is 2. The molecule has 3 atom stereocenters. The Morgan fingerprint density at radius 3 is 3.00 bits per heavy atom. The van der Waals surface area contributed by atoms with Gasteiger partial charge in [-0.25, -0.2) is 4.79 Å². The van der Waals surface area contributed by atoms with Crippen LogP contribution in [-0.2, 0) is 25.5 Å². The van der Waals surface area contributed by atoms with Gasteiger partial charge in [-0.05, 0) is 26.0 Å². The summed E-state index contributed by atoms with van der Waals surface area (Å²) in [6.07, 6.45) is 2.11. The molecule has 3 aliphatic rings. The third kappa shape index (κ3) is 1.79. The minimum absolute atomic E-state index is 0.108. The molecule has 0 N–H and O–H groups in total. The molecule has 3 aliphatic heterocycles. The van der Waals surface area contributed by atoms with E-state index in [-0.39, 0.29) is 18.2 Å². The van der Waals surface area contributed by atoms with Crippen molar-refractivity contribution in [1.29, 1.82) is 0 Å². The number of hydrogen-bond donors (Lipinski definition) is 0. The van der Waals surface area contributed by atoms with Gasteiger partial charge < -0.3 is 23.5 Å². The topological polar surface area (TPSA) is 58.9 Å². The number of aromatic nitrogens is 1. The number of ether oxygens (including phenoxy) is 4. The Labute approximate surface area is 116 Å². The van der Waals surface area contributed by atoms with Crippen molar-refractivity contribution in [2.24, 2.45) is 0 Å². The highest BCUT2D eigenvalue weighted by Crippen LogP contribution is 2.42. The van der Waals surface area contributed by atoms with Crippen LogP contribution in [0.25, 0.3) is 0 Å². The molecule has 4 heterocycles. The second-order valence-corrected chi connectivity index (χ2v) is 6.05. The molecule has 6 heteroatoms. The summed E-state index contributed by atoms with van der Waals surface area (Å²) in [5.74, 6) is -1.89. The minimum Gasteiger partial charge on any atom is -0.426 e. The van der Waals surface area contributed by atoms with Crippen molar-refractivity contribution in [2.45, 2.75) is 50.6 Å². The minimum atomic E-state index is -0.928. The molecule has 0 bridgehead atoms. The first-order chi connectivity index (χ1) is 9.46. The van der Waals surface area contributed by atoms with Gasteiger partial charge in [0.1, 0.15) is 11.8 Å². The zero-order valence-corrected chi connectivity index (χ0v) is 11.5.